The topological polar surface area (TPSA) is 54.5 Å². The minimum Gasteiger partial charge on any atom is -0.336 e. The highest BCUT2D eigenvalue weighted by Gasteiger charge is 2.35. The molecule has 4 nitrogen and oxygen atoms in total. The van der Waals surface area contributed by atoms with E-state index in [-0.39, 0.29) is 30.0 Å². The van der Waals surface area contributed by atoms with Crippen LogP contribution in [0.1, 0.15) is 24.9 Å². The molecule has 2 aromatic carbocycles. The summed E-state index contributed by atoms with van der Waals surface area (Å²) in [5.41, 5.74) is 1.07. The fourth-order valence-corrected chi connectivity index (χ4v) is 4.68. The maximum Gasteiger partial charge on any atom is 0.232 e. The van der Waals surface area contributed by atoms with Gasteiger partial charge >= 0.3 is 0 Å². The van der Waals surface area contributed by atoms with Gasteiger partial charge in [0.15, 0.2) is 0 Å². The van der Waals surface area contributed by atoms with Gasteiger partial charge in [-0.3, -0.25) is 4.79 Å². The van der Waals surface area contributed by atoms with Crippen molar-refractivity contribution in [3.05, 3.63) is 48.0 Å². The molecule has 23 heavy (non-hydrogen) atoms. The number of hydrogen-bond acceptors (Lipinski definition) is 3. The van der Waals surface area contributed by atoms with Crippen LogP contribution in [0.15, 0.2) is 42.5 Å². The number of likely N-dealkylation sites (tertiary alicyclic amines) is 1. The van der Waals surface area contributed by atoms with Gasteiger partial charge in [0.05, 0.1) is 11.8 Å². The summed E-state index contributed by atoms with van der Waals surface area (Å²) in [6.07, 6.45) is 0.237. The molecule has 2 atom stereocenters. The predicted octanol–water partition coefficient (Wildman–Crippen LogP) is 3.32. The largest absolute Gasteiger partial charge is 0.336 e. The summed E-state index contributed by atoms with van der Waals surface area (Å²) in [7, 11) is 1.74. The number of nitrogens with zero attached hydrogens (tertiary/aromatic N) is 1. The van der Waals surface area contributed by atoms with Crippen LogP contribution in [0.5, 0.6) is 0 Å². The fraction of sp³-hybridized carbons (Fsp3) is 0.353. The summed E-state index contributed by atoms with van der Waals surface area (Å²) in [6, 6.07) is 14.0. The smallest absolute Gasteiger partial charge is 0.232 e. The molecule has 1 heterocycles. The Hall–Kier alpha value is -1.59. The molecule has 0 N–H and O–H groups in total. The highest BCUT2D eigenvalue weighted by Crippen LogP contribution is 2.33. The van der Waals surface area contributed by atoms with Crippen molar-refractivity contribution in [1.29, 1.82) is 0 Å². The first-order valence-electron chi connectivity index (χ1n) is 7.54. The summed E-state index contributed by atoms with van der Waals surface area (Å²) < 4.78 is 22.5. The number of halogens is 1. The van der Waals surface area contributed by atoms with Crippen molar-refractivity contribution in [3.8, 4) is 0 Å². The van der Waals surface area contributed by atoms with Gasteiger partial charge in [-0.2, -0.15) is 0 Å². The van der Waals surface area contributed by atoms with Gasteiger partial charge in [0.2, 0.25) is 15.0 Å². The van der Waals surface area contributed by atoms with Crippen molar-refractivity contribution < 1.29 is 13.2 Å². The molecule has 1 aliphatic rings. The quantitative estimate of drug-likeness (QED) is 0.794. The van der Waals surface area contributed by atoms with Crippen LogP contribution in [0.2, 0.25) is 0 Å². The zero-order chi connectivity index (χ0) is 16.6. The number of benzene rings is 2. The number of hydrogen-bond donors (Lipinski definition) is 0. The number of carbonyl (C=O) groups excluding carboxylic acids is 1. The van der Waals surface area contributed by atoms with E-state index in [0.29, 0.717) is 6.54 Å². The van der Waals surface area contributed by atoms with E-state index in [2.05, 4.69) is 0 Å². The van der Waals surface area contributed by atoms with Gasteiger partial charge in [-0.25, -0.2) is 8.42 Å². The average molecular weight is 352 g/mol. The molecular formula is C17H18ClNO3S. The Morgan fingerprint density at radius 1 is 1.22 bits per heavy atom. The van der Waals surface area contributed by atoms with E-state index in [1.165, 1.54) is 0 Å². The molecule has 122 valence electrons. The second-order valence-electron chi connectivity index (χ2n) is 6.07. The first-order chi connectivity index (χ1) is 10.8. The number of amides is 1. The summed E-state index contributed by atoms with van der Waals surface area (Å²) in [5.74, 6) is -0.405. The molecule has 6 heteroatoms. The van der Waals surface area contributed by atoms with E-state index in [9.17, 15) is 13.2 Å². The third-order valence-corrected chi connectivity index (χ3v) is 5.66. The van der Waals surface area contributed by atoms with Crippen LogP contribution in [0.25, 0.3) is 10.8 Å². The van der Waals surface area contributed by atoms with E-state index in [4.69, 9.17) is 10.7 Å². The molecule has 0 saturated carbocycles. The minimum absolute atomic E-state index is 0.0178. The normalized spacial score (nSPS) is 20.2. The lowest BCUT2D eigenvalue weighted by atomic mass is 9.99. The number of fused-ring (bicyclic) bond motifs is 1. The Balaban J connectivity index is 1.88. The molecule has 0 bridgehead atoms. The standard InChI is InChI=1S/C17H18ClNO3S/c1-12(15-8-4-6-14-5-2-3-7-16(14)15)19-10-13(9-17(19)20)11-23(18,21)22/h2-8,12-13H,9-11H2,1H3/t12-,13?/m0/s1. The zero-order valence-corrected chi connectivity index (χ0v) is 14.3. The van der Waals surface area contributed by atoms with Crippen molar-refractivity contribution in [2.24, 2.45) is 5.92 Å². The van der Waals surface area contributed by atoms with Crippen LogP contribution in [0.3, 0.4) is 0 Å². The molecule has 0 aliphatic carbocycles. The molecular weight excluding hydrogens is 334 g/mol. The van der Waals surface area contributed by atoms with Gasteiger partial charge < -0.3 is 4.90 Å². The van der Waals surface area contributed by atoms with Crippen molar-refractivity contribution >= 4 is 36.4 Å². The highest BCUT2D eigenvalue weighted by atomic mass is 35.7. The van der Waals surface area contributed by atoms with Crippen molar-refractivity contribution in [2.45, 2.75) is 19.4 Å². The molecule has 1 saturated heterocycles. The third kappa shape index (κ3) is 3.51. The van der Waals surface area contributed by atoms with Gasteiger partial charge in [0.1, 0.15) is 0 Å². The Morgan fingerprint density at radius 3 is 2.65 bits per heavy atom. The van der Waals surface area contributed by atoms with Crippen LogP contribution in [0.4, 0.5) is 0 Å². The second kappa shape index (κ2) is 6.13. The van der Waals surface area contributed by atoms with E-state index in [0.717, 1.165) is 16.3 Å². The molecule has 1 unspecified atom stereocenters. The van der Waals surface area contributed by atoms with Crippen molar-refractivity contribution in [3.63, 3.8) is 0 Å². The molecule has 1 aliphatic heterocycles. The maximum absolute atomic E-state index is 12.3. The monoisotopic (exact) mass is 351 g/mol. The summed E-state index contributed by atoms with van der Waals surface area (Å²) in [5, 5.41) is 2.24. The number of rotatable bonds is 4. The lowest BCUT2D eigenvalue weighted by Crippen LogP contribution is -2.29. The molecule has 1 fully saturated rings. The Kier molecular flexibility index (Phi) is 4.34. The predicted molar refractivity (Wildman–Crippen MR) is 91.8 cm³/mol. The molecule has 2 aromatic rings. The molecule has 0 aromatic heterocycles. The molecule has 0 radical (unpaired) electrons. The lowest BCUT2D eigenvalue weighted by molar-refractivity contribution is -0.129. The SMILES string of the molecule is C[C@@H](c1cccc2ccccc12)N1CC(CS(=O)(=O)Cl)CC1=O. The van der Waals surface area contributed by atoms with E-state index < -0.39 is 9.05 Å². The molecule has 3 rings (SSSR count). The number of carbonyl (C=O) groups is 1. The van der Waals surface area contributed by atoms with Gasteiger partial charge in [-0.05, 0) is 23.3 Å². The Morgan fingerprint density at radius 2 is 1.91 bits per heavy atom. The zero-order valence-electron chi connectivity index (χ0n) is 12.8. The van der Waals surface area contributed by atoms with Crippen LogP contribution in [0, 0.1) is 5.92 Å². The first-order valence-corrected chi connectivity index (χ1v) is 10.0. The summed E-state index contributed by atoms with van der Waals surface area (Å²) in [4.78, 5) is 14.1. The lowest BCUT2D eigenvalue weighted by Gasteiger charge is -2.26. The van der Waals surface area contributed by atoms with Crippen LogP contribution >= 0.6 is 10.7 Å². The molecule has 0 spiro atoms. The van der Waals surface area contributed by atoms with Gasteiger partial charge in [0.25, 0.3) is 0 Å². The Bertz CT molecular complexity index is 845. The molecule has 1 amide bonds. The highest BCUT2D eigenvalue weighted by molar-refractivity contribution is 8.13. The average Bonchev–Trinajstić information content (AvgIpc) is 2.84. The third-order valence-electron chi connectivity index (χ3n) is 4.41. The van der Waals surface area contributed by atoms with Crippen LogP contribution in [-0.4, -0.2) is 31.5 Å². The fourth-order valence-electron chi connectivity index (χ4n) is 3.36. The minimum atomic E-state index is -3.59. The Labute approximate surface area is 140 Å². The first kappa shape index (κ1) is 16.3. The van der Waals surface area contributed by atoms with Gasteiger partial charge in [-0.1, -0.05) is 42.5 Å². The van der Waals surface area contributed by atoms with E-state index in [1.54, 1.807) is 4.90 Å². The van der Waals surface area contributed by atoms with Crippen molar-refractivity contribution in [2.75, 3.05) is 12.3 Å². The van der Waals surface area contributed by atoms with E-state index >= 15 is 0 Å². The maximum atomic E-state index is 12.3. The van der Waals surface area contributed by atoms with Gasteiger partial charge in [0, 0.05) is 29.6 Å². The summed E-state index contributed by atoms with van der Waals surface area (Å²) in [6.45, 7) is 2.41. The second-order valence-corrected chi connectivity index (χ2v) is 8.89. The van der Waals surface area contributed by atoms with Gasteiger partial charge in [-0.15, -0.1) is 0 Å². The van der Waals surface area contributed by atoms with Crippen LogP contribution < -0.4 is 0 Å². The van der Waals surface area contributed by atoms with Crippen molar-refractivity contribution in [1.82, 2.24) is 4.90 Å². The van der Waals surface area contributed by atoms with Crippen LogP contribution in [-0.2, 0) is 13.8 Å². The van der Waals surface area contributed by atoms with E-state index in [1.807, 2.05) is 49.4 Å². The summed E-state index contributed by atoms with van der Waals surface area (Å²) >= 11 is 0.